The molecule has 2 aromatic carbocycles. The van der Waals surface area contributed by atoms with Gasteiger partial charge in [0.2, 0.25) is 0 Å². The topological polar surface area (TPSA) is 72.9 Å². The zero-order valence-electron chi connectivity index (χ0n) is 23.7. The van der Waals surface area contributed by atoms with Crippen LogP contribution in [0.1, 0.15) is 52.7 Å². The third kappa shape index (κ3) is 9.25. The number of carbonyl (C=O) groups is 3. The van der Waals surface area contributed by atoms with Crippen LogP contribution < -0.4 is 4.90 Å². The number of anilines is 1. The molecule has 2 aromatic rings. The number of halogens is 3. The van der Waals surface area contributed by atoms with E-state index < -0.39 is 40.8 Å². The Kier molecular flexibility index (Phi) is 9.91. The normalized spacial score (nSPS) is 12.9. The second-order valence-electron chi connectivity index (χ2n) is 10.9. The van der Waals surface area contributed by atoms with Gasteiger partial charge in [-0.05, 0) is 83.0 Å². The number of likely N-dealkylation sites (N-methyl/N-ethyl adjacent to an activating group) is 1. The molecule has 0 saturated heterocycles. The standard InChI is InChI=1S/C31H34F3NO5/c1-20(21-14-16-22(17-15-21)31(32,33)34)26(28(38)40-30(5,6)7)24(27(37)39-29(2,3)4)18-19-25(36)35(8)23-12-10-9-11-13-23/h9-19H,1H2,2-8H3/b19-18+,26-24+. The van der Waals surface area contributed by atoms with Gasteiger partial charge in [-0.3, -0.25) is 4.79 Å². The molecule has 0 aromatic heterocycles. The van der Waals surface area contributed by atoms with Crippen molar-refractivity contribution in [3.05, 3.63) is 95.6 Å². The molecule has 6 nitrogen and oxygen atoms in total. The molecule has 40 heavy (non-hydrogen) atoms. The Bertz CT molecular complexity index is 1310. The number of hydrogen-bond donors (Lipinski definition) is 0. The Morgan fingerprint density at radius 1 is 0.775 bits per heavy atom. The van der Waals surface area contributed by atoms with E-state index in [1.54, 1.807) is 71.9 Å². The highest BCUT2D eigenvalue weighted by Gasteiger charge is 2.32. The zero-order valence-corrected chi connectivity index (χ0v) is 23.7. The molecule has 0 atom stereocenters. The lowest BCUT2D eigenvalue weighted by Gasteiger charge is -2.24. The van der Waals surface area contributed by atoms with Crippen molar-refractivity contribution in [2.45, 2.75) is 58.9 Å². The average molecular weight is 558 g/mol. The van der Waals surface area contributed by atoms with Crippen LogP contribution in [0.25, 0.3) is 5.57 Å². The van der Waals surface area contributed by atoms with Crippen molar-refractivity contribution in [2.24, 2.45) is 0 Å². The number of nitrogens with zero attached hydrogens (tertiary/aromatic N) is 1. The van der Waals surface area contributed by atoms with E-state index in [9.17, 15) is 27.6 Å². The third-order valence-corrected chi connectivity index (χ3v) is 5.22. The maximum absolute atomic E-state index is 13.5. The number of esters is 2. The monoisotopic (exact) mass is 557 g/mol. The molecule has 1 amide bonds. The average Bonchev–Trinajstić information content (AvgIpc) is 2.83. The van der Waals surface area contributed by atoms with Gasteiger partial charge in [-0.2, -0.15) is 13.2 Å². The van der Waals surface area contributed by atoms with Crippen molar-refractivity contribution in [3.63, 3.8) is 0 Å². The van der Waals surface area contributed by atoms with Crippen LogP contribution in [0.5, 0.6) is 0 Å². The van der Waals surface area contributed by atoms with Crippen molar-refractivity contribution >= 4 is 29.1 Å². The van der Waals surface area contributed by atoms with Gasteiger partial charge < -0.3 is 14.4 Å². The summed E-state index contributed by atoms with van der Waals surface area (Å²) in [5.41, 5.74) is -2.92. The summed E-state index contributed by atoms with van der Waals surface area (Å²) in [6, 6.07) is 12.7. The van der Waals surface area contributed by atoms with Gasteiger partial charge in [-0.1, -0.05) is 36.9 Å². The van der Waals surface area contributed by atoms with Crippen LogP contribution in [0, 0.1) is 0 Å². The maximum Gasteiger partial charge on any atom is 0.416 e. The SMILES string of the molecule is C=C(/C(C(=O)OC(C)(C)C)=C(/C=C/C(=O)N(C)c1ccccc1)C(=O)OC(C)(C)C)c1ccc(C(F)(F)F)cc1. The number of alkyl halides is 3. The Labute approximate surface area is 232 Å². The number of carbonyl (C=O) groups excluding carboxylic acids is 3. The summed E-state index contributed by atoms with van der Waals surface area (Å²) in [7, 11) is 1.54. The molecule has 0 heterocycles. The lowest BCUT2D eigenvalue weighted by Crippen LogP contribution is -2.29. The van der Waals surface area contributed by atoms with Crippen LogP contribution in [-0.2, 0) is 30.0 Å². The van der Waals surface area contributed by atoms with Gasteiger partial charge in [0.05, 0.1) is 16.7 Å². The molecule has 0 bridgehead atoms. The van der Waals surface area contributed by atoms with E-state index in [4.69, 9.17) is 9.47 Å². The van der Waals surface area contributed by atoms with Crippen LogP contribution in [0.2, 0.25) is 0 Å². The number of para-hydroxylation sites is 1. The predicted molar refractivity (Wildman–Crippen MR) is 148 cm³/mol. The molecule has 0 aliphatic rings. The van der Waals surface area contributed by atoms with E-state index in [1.807, 2.05) is 0 Å². The minimum Gasteiger partial charge on any atom is -0.456 e. The fourth-order valence-electron chi connectivity index (χ4n) is 3.36. The molecule has 0 saturated carbocycles. The Morgan fingerprint density at radius 3 is 1.75 bits per heavy atom. The quantitative estimate of drug-likeness (QED) is 0.210. The lowest BCUT2D eigenvalue weighted by molar-refractivity contribution is -0.152. The van der Waals surface area contributed by atoms with E-state index >= 15 is 0 Å². The largest absolute Gasteiger partial charge is 0.456 e. The summed E-state index contributed by atoms with van der Waals surface area (Å²) in [4.78, 5) is 41.1. The number of benzene rings is 2. The van der Waals surface area contributed by atoms with Gasteiger partial charge in [-0.15, -0.1) is 0 Å². The first-order chi connectivity index (χ1) is 18.3. The van der Waals surface area contributed by atoms with E-state index in [-0.39, 0.29) is 22.3 Å². The second kappa shape index (κ2) is 12.4. The third-order valence-electron chi connectivity index (χ3n) is 5.22. The smallest absolute Gasteiger partial charge is 0.416 e. The molecule has 0 N–H and O–H groups in total. The highest BCUT2D eigenvalue weighted by molar-refractivity contribution is 6.14. The van der Waals surface area contributed by atoms with Crippen molar-refractivity contribution in [1.29, 1.82) is 0 Å². The Morgan fingerprint density at radius 2 is 1.27 bits per heavy atom. The number of rotatable bonds is 7. The maximum atomic E-state index is 13.5. The molecule has 2 rings (SSSR count). The van der Waals surface area contributed by atoms with Crippen LogP contribution in [0.3, 0.4) is 0 Å². The Hall–Kier alpha value is -4.14. The summed E-state index contributed by atoms with van der Waals surface area (Å²) >= 11 is 0. The van der Waals surface area contributed by atoms with Crippen molar-refractivity contribution < 1.29 is 37.0 Å². The van der Waals surface area contributed by atoms with Gasteiger partial charge >= 0.3 is 18.1 Å². The zero-order chi connectivity index (χ0) is 30.5. The summed E-state index contributed by atoms with van der Waals surface area (Å²) in [6.07, 6.45) is -2.35. The summed E-state index contributed by atoms with van der Waals surface area (Å²) in [5, 5.41) is 0. The number of ether oxygens (including phenoxy) is 2. The van der Waals surface area contributed by atoms with Crippen molar-refractivity contribution in [1.82, 2.24) is 0 Å². The van der Waals surface area contributed by atoms with E-state index in [2.05, 4.69) is 6.58 Å². The van der Waals surface area contributed by atoms with E-state index in [0.717, 1.165) is 36.4 Å². The first-order valence-electron chi connectivity index (χ1n) is 12.4. The Balaban J connectivity index is 2.72. The lowest BCUT2D eigenvalue weighted by atomic mass is 9.93. The van der Waals surface area contributed by atoms with Crippen LogP contribution in [0.15, 0.2) is 84.5 Å². The predicted octanol–water partition coefficient (Wildman–Crippen LogP) is 6.92. The van der Waals surface area contributed by atoms with Crippen molar-refractivity contribution in [2.75, 3.05) is 11.9 Å². The number of hydrogen-bond acceptors (Lipinski definition) is 5. The first kappa shape index (κ1) is 32.1. The highest BCUT2D eigenvalue weighted by Crippen LogP contribution is 2.33. The molecular weight excluding hydrogens is 523 g/mol. The molecule has 0 radical (unpaired) electrons. The van der Waals surface area contributed by atoms with Gasteiger partial charge in [0.25, 0.3) is 5.91 Å². The highest BCUT2D eigenvalue weighted by atomic mass is 19.4. The van der Waals surface area contributed by atoms with Gasteiger partial charge in [0, 0.05) is 18.8 Å². The van der Waals surface area contributed by atoms with Crippen LogP contribution in [-0.4, -0.2) is 36.1 Å². The minimum atomic E-state index is -4.57. The van der Waals surface area contributed by atoms with Gasteiger partial charge in [0.15, 0.2) is 0 Å². The molecule has 0 aliphatic heterocycles. The molecule has 0 spiro atoms. The second-order valence-corrected chi connectivity index (χ2v) is 10.9. The molecule has 9 heteroatoms. The first-order valence-corrected chi connectivity index (χ1v) is 12.4. The minimum absolute atomic E-state index is 0.0858. The van der Waals surface area contributed by atoms with Gasteiger partial charge in [-0.25, -0.2) is 9.59 Å². The molecule has 214 valence electrons. The summed E-state index contributed by atoms with van der Waals surface area (Å²) in [5.74, 6) is -2.43. The fraction of sp³-hybridized carbons (Fsp3) is 0.323. The molecular formula is C31H34F3NO5. The van der Waals surface area contributed by atoms with E-state index in [0.29, 0.717) is 5.69 Å². The van der Waals surface area contributed by atoms with E-state index in [1.165, 1.54) is 11.9 Å². The number of amides is 1. The molecule has 0 fully saturated rings. The summed E-state index contributed by atoms with van der Waals surface area (Å²) in [6.45, 7) is 13.6. The summed E-state index contributed by atoms with van der Waals surface area (Å²) < 4.78 is 50.5. The fourth-order valence-corrected chi connectivity index (χ4v) is 3.36. The molecule has 0 unspecified atom stereocenters. The van der Waals surface area contributed by atoms with Crippen molar-refractivity contribution in [3.8, 4) is 0 Å². The molecule has 0 aliphatic carbocycles. The van der Waals surface area contributed by atoms with Crippen LogP contribution >= 0.6 is 0 Å². The van der Waals surface area contributed by atoms with Gasteiger partial charge in [0.1, 0.15) is 11.2 Å². The van der Waals surface area contributed by atoms with Crippen LogP contribution in [0.4, 0.5) is 18.9 Å².